The lowest BCUT2D eigenvalue weighted by molar-refractivity contribution is -0.383. The van der Waals surface area contributed by atoms with Crippen LogP contribution >= 0.6 is 0 Å². The van der Waals surface area contributed by atoms with Crippen molar-refractivity contribution in [2.24, 2.45) is 0 Å². The maximum atomic E-state index is 10.4. The molecule has 1 aromatic rings. The van der Waals surface area contributed by atoms with Gasteiger partial charge in [-0.3, -0.25) is 10.1 Å². The minimum atomic E-state index is -0.452. The topological polar surface area (TPSA) is 69.2 Å². The highest BCUT2D eigenvalue weighted by Crippen LogP contribution is 2.41. The minimum absolute atomic E-state index is 0.00407. The van der Waals surface area contributed by atoms with E-state index in [1.807, 2.05) is 0 Å². The molecule has 0 atom stereocenters. The fourth-order valence-electron chi connectivity index (χ4n) is 1.41. The van der Waals surface area contributed by atoms with Crippen LogP contribution in [0, 0.1) is 10.1 Å². The van der Waals surface area contributed by atoms with Crippen LogP contribution < -0.4 is 5.73 Å². The van der Waals surface area contributed by atoms with Crippen molar-refractivity contribution < 1.29 is 4.92 Å². The number of nitrogens with zero attached hydrogens (tertiary/aromatic N) is 1. The van der Waals surface area contributed by atoms with E-state index < -0.39 is 4.92 Å². The summed E-state index contributed by atoms with van der Waals surface area (Å²) in [6.07, 6.45) is 2.36. The van der Waals surface area contributed by atoms with Gasteiger partial charge in [0.15, 0.2) is 0 Å². The predicted molar refractivity (Wildman–Crippen MR) is 49.5 cm³/mol. The summed E-state index contributed by atoms with van der Waals surface area (Å²) in [5, 5.41) is 10.4. The Hall–Kier alpha value is -1.58. The molecule has 4 nitrogen and oxygen atoms in total. The molecule has 0 spiro atoms. The predicted octanol–water partition coefficient (Wildman–Crippen LogP) is 2.05. The van der Waals surface area contributed by atoms with Crippen molar-refractivity contribution >= 4 is 11.4 Å². The lowest BCUT2D eigenvalue weighted by Crippen LogP contribution is -1.96. The first kappa shape index (κ1) is 8.04. The van der Waals surface area contributed by atoms with Crippen molar-refractivity contribution in [1.82, 2.24) is 0 Å². The molecular weight excluding hydrogens is 168 g/mol. The first-order valence-electron chi connectivity index (χ1n) is 4.22. The monoisotopic (exact) mass is 178 g/mol. The number of nitrogens with two attached hydrogens (primary N) is 1. The summed E-state index contributed by atoms with van der Waals surface area (Å²) in [5.74, 6) is 0.586. The largest absolute Gasteiger partial charge is 0.393 e. The summed E-state index contributed by atoms with van der Waals surface area (Å²) in [6, 6.07) is 5.00. The number of hydrogen-bond donors (Lipinski definition) is 1. The molecule has 0 unspecified atom stereocenters. The van der Waals surface area contributed by atoms with Gasteiger partial charge >= 0.3 is 0 Å². The van der Waals surface area contributed by atoms with Gasteiger partial charge in [-0.15, -0.1) is 0 Å². The molecule has 4 heteroatoms. The molecule has 2 rings (SSSR count). The summed E-state index contributed by atoms with van der Waals surface area (Å²) < 4.78 is 0. The highest BCUT2D eigenvalue weighted by Gasteiger charge is 2.25. The van der Waals surface area contributed by atoms with Crippen LogP contribution in [0.3, 0.4) is 0 Å². The second kappa shape index (κ2) is 2.73. The summed E-state index contributed by atoms with van der Waals surface area (Å²) in [4.78, 5) is 9.99. The van der Waals surface area contributed by atoms with Gasteiger partial charge in [-0.05, 0) is 30.4 Å². The number of benzene rings is 1. The van der Waals surface area contributed by atoms with Crippen LogP contribution in [0.2, 0.25) is 0 Å². The van der Waals surface area contributed by atoms with Gasteiger partial charge in [-0.1, -0.05) is 6.07 Å². The second-order valence-electron chi connectivity index (χ2n) is 3.35. The van der Waals surface area contributed by atoms with Crippen molar-refractivity contribution in [3.63, 3.8) is 0 Å². The van der Waals surface area contributed by atoms with Crippen LogP contribution in [-0.2, 0) is 0 Å². The molecule has 0 amide bonds. The minimum Gasteiger partial charge on any atom is -0.393 e. The average Bonchev–Trinajstić information content (AvgIpc) is 2.85. The summed E-state index contributed by atoms with van der Waals surface area (Å²) >= 11 is 0. The highest BCUT2D eigenvalue weighted by atomic mass is 16.6. The molecule has 0 saturated heterocycles. The van der Waals surface area contributed by atoms with Crippen molar-refractivity contribution in [3.8, 4) is 0 Å². The van der Waals surface area contributed by atoms with Gasteiger partial charge < -0.3 is 5.73 Å². The number of nitro groups is 1. The number of hydrogen-bond acceptors (Lipinski definition) is 3. The van der Waals surface area contributed by atoms with Crippen LogP contribution in [0.5, 0.6) is 0 Å². The van der Waals surface area contributed by atoms with Crippen molar-refractivity contribution in [2.75, 3.05) is 5.73 Å². The second-order valence-corrected chi connectivity index (χ2v) is 3.35. The van der Waals surface area contributed by atoms with E-state index >= 15 is 0 Å². The first-order valence-corrected chi connectivity index (χ1v) is 4.22. The zero-order chi connectivity index (χ0) is 9.42. The molecule has 0 bridgehead atoms. The maximum absolute atomic E-state index is 10.4. The van der Waals surface area contributed by atoms with Crippen molar-refractivity contribution in [3.05, 3.63) is 33.9 Å². The van der Waals surface area contributed by atoms with E-state index in [-0.39, 0.29) is 11.4 Å². The summed E-state index contributed by atoms with van der Waals surface area (Å²) in [6.45, 7) is 0. The molecule has 2 N–H and O–H groups in total. The van der Waals surface area contributed by atoms with E-state index in [2.05, 4.69) is 0 Å². The average molecular weight is 178 g/mol. The fourth-order valence-corrected chi connectivity index (χ4v) is 1.41. The zero-order valence-electron chi connectivity index (χ0n) is 7.06. The Kier molecular flexibility index (Phi) is 1.69. The first-order chi connectivity index (χ1) is 6.18. The van der Waals surface area contributed by atoms with Gasteiger partial charge in [0.05, 0.1) is 4.92 Å². The Morgan fingerprint density at radius 1 is 1.46 bits per heavy atom. The third-order valence-electron chi connectivity index (χ3n) is 2.30. The molecule has 13 heavy (non-hydrogen) atoms. The molecule has 68 valence electrons. The van der Waals surface area contributed by atoms with Crippen LogP contribution in [0.25, 0.3) is 0 Å². The Morgan fingerprint density at radius 2 is 2.15 bits per heavy atom. The molecule has 1 aliphatic rings. The van der Waals surface area contributed by atoms with E-state index in [4.69, 9.17) is 5.73 Å². The van der Waals surface area contributed by atoms with Crippen LogP contribution in [0.4, 0.5) is 11.4 Å². The lowest BCUT2D eigenvalue weighted by atomic mass is 10.1. The van der Waals surface area contributed by atoms with Gasteiger partial charge in [0.25, 0.3) is 5.69 Å². The van der Waals surface area contributed by atoms with Gasteiger partial charge in [0.2, 0.25) is 0 Å². The van der Waals surface area contributed by atoms with Gasteiger partial charge in [0.1, 0.15) is 5.69 Å². The number of anilines is 1. The molecule has 0 aliphatic heterocycles. The maximum Gasteiger partial charge on any atom is 0.292 e. The Labute approximate surface area is 75.5 Å². The van der Waals surface area contributed by atoms with Crippen molar-refractivity contribution in [2.45, 2.75) is 18.8 Å². The molecule has 0 aromatic heterocycles. The van der Waals surface area contributed by atoms with E-state index in [1.54, 1.807) is 12.1 Å². The van der Waals surface area contributed by atoms with Gasteiger partial charge in [0, 0.05) is 6.07 Å². The zero-order valence-corrected chi connectivity index (χ0v) is 7.06. The van der Waals surface area contributed by atoms with E-state index in [0.29, 0.717) is 5.92 Å². The van der Waals surface area contributed by atoms with Crippen LogP contribution in [0.15, 0.2) is 18.2 Å². The normalized spacial score (nSPS) is 15.7. The van der Waals surface area contributed by atoms with E-state index in [9.17, 15) is 10.1 Å². The molecular formula is C9H10N2O2. The fraction of sp³-hybridized carbons (Fsp3) is 0.333. The standard InChI is InChI=1S/C9H10N2O2/c10-8-5-7(6-1-2-6)3-4-9(8)11(12)13/h3-6H,1-2,10H2. The number of nitrogen functional groups attached to an aromatic ring is 1. The van der Waals surface area contributed by atoms with Crippen molar-refractivity contribution in [1.29, 1.82) is 0 Å². The Balaban J connectivity index is 2.36. The SMILES string of the molecule is Nc1cc(C2CC2)ccc1[N+](=O)[O-]. The smallest absolute Gasteiger partial charge is 0.292 e. The third-order valence-corrected chi connectivity index (χ3v) is 2.30. The third kappa shape index (κ3) is 1.47. The molecule has 1 fully saturated rings. The lowest BCUT2D eigenvalue weighted by Gasteiger charge is -2.00. The highest BCUT2D eigenvalue weighted by molar-refractivity contribution is 5.60. The number of rotatable bonds is 2. The quantitative estimate of drug-likeness (QED) is 0.428. The summed E-state index contributed by atoms with van der Waals surface area (Å²) in [5.41, 5.74) is 6.95. The van der Waals surface area contributed by atoms with E-state index in [1.165, 1.54) is 18.9 Å². The van der Waals surface area contributed by atoms with Gasteiger partial charge in [-0.2, -0.15) is 0 Å². The molecule has 1 aliphatic carbocycles. The van der Waals surface area contributed by atoms with Gasteiger partial charge in [-0.25, -0.2) is 0 Å². The van der Waals surface area contributed by atoms with E-state index in [0.717, 1.165) is 5.56 Å². The Morgan fingerprint density at radius 3 is 2.62 bits per heavy atom. The number of nitro benzene ring substituents is 1. The van der Waals surface area contributed by atoms with Crippen LogP contribution in [-0.4, -0.2) is 4.92 Å². The van der Waals surface area contributed by atoms with Crippen LogP contribution in [0.1, 0.15) is 24.3 Å². The molecule has 0 radical (unpaired) electrons. The summed E-state index contributed by atoms with van der Waals surface area (Å²) in [7, 11) is 0. The molecule has 1 aromatic carbocycles. The molecule has 0 heterocycles. The molecule has 1 saturated carbocycles. The Bertz CT molecular complexity index is 359.